The molecular formula is C21H14FN3O3. The Bertz CT molecular complexity index is 1110. The lowest BCUT2D eigenvalue weighted by atomic mass is 10.2. The fraction of sp³-hybridized carbons (Fsp3) is 0. The number of aromatic nitrogens is 2. The second-order valence-electron chi connectivity index (χ2n) is 5.83. The second kappa shape index (κ2) is 7.71. The first-order chi connectivity index (χ1) is 13.7. The summed E-state index contributed by atoms with van der Waals surface area (Å²) in [6, 6.07) is 17.7. The number of pyridine rings is 1. The van der Waals surface area contributed by atoms with Gasteiger partial charge in [-0.1, -0.05) is 23.4 Å². The molecule has 2 aromatic carbocycles. The van der Waals surface area contributed by atoms with Gasteiger partial charge in [0.25, 0.3) is 5.91 Å². The molecule has 7 heteroatoms. The first-order valence-electron chi connectivity index (χ1n) is 8.40. The molecule has 0 atom stereocenters. The standard InChI is InChI=1S/C21H14FN3O3/c22-15-6-3-7-16(11-15)27-19-9-2-1-8-17(19)24-21(26)18-12-20(28-25-18)14-5-4-10-23-13-14/h1-13H,(H,24,26). The number of ether oxygens (including phenoxy) is 1. The van der Waals surface area contributed by atoms with Crippen LogP contribution in [0.25, 0.3) is 11.3 Å². The van der Waals surface area contributed by atoms with Crippen molar-refractivity contribution in [1.29, 1.82) is 0 Å². The van der Waals surface area contributed by atoms with Gasteiger partial charge in [-0.15, -0.1) is 0 Å². The fourth-order valence-electron chi connectivity index (χ4n) is 2.53. The topological polar surface area (TPSA) is 77.2 Å². The number of nitrogens with zero attached hydrogens (tertiary/aromatic N) is 2. The second-order valence-corrected chi connectivity index (χ2v) is 5.83. The maximum Gasteiger partial charge on any atom is 0.277 e. The molecule has 138 valence electrons. The lowest BCUT2D eigenvalue weighted by molar-refractivity contribution is 0.101. The Balaban J connectivity index is 1.53. The monoisotopic (exact) mass is 375 g/mol. The van der Waals surface area contributed by atoms with Crippen LogP contribution in [0.4, 0.5) is 10.1 Å². The Morgan fingerprint density at radius 3 is 2.75 bits per heavy atom. The average Bonchev–Trinajstić information content (AvgIpc) is 3.21. The zero-order valence-corrected chi connectivity index (χ0v) is 14.5. The molecule has 0 fully saturated rings. The highest BCUT2D eigenvalue weighted by atomic mass is 19.1. The molecule has 28 heavy (non-hydrogen) atoms. The highest BCUT2D eigenvalue weighted by molar-refractivity contribution is 6.04. The zero-order valence-electron chi connectivity index (χ0n) is 14.5. The average molecular weight is 375 g/mol. The molecule has 4 aromatic rings. The number of hydrogen-bond donors (Lipinski definition) is 1. The van der Waals surface area contributed by atoms with Gasteiger partial charge in [0.1, 0.15) is 11.6 Å². The highest BCUT2D eigenvalue weighted by Gasteiger charge is 2.16. The van der Waals surface area contributed by atoms with Crippen LogP contribution in [-0.4, -0.2) is 16.0 Å². The maximum atomic E-state index is 13.4. The van der Waals surface area contributed by atoms with E-state index in [1.807, 2.05) is 0 Å². The minimum atomic E-state index is -0.464. The number of amides is 1. The Morgan fingerprint density at radius 2 is 1.93 bits per heavy atom. The van der Waals surface area contributed by atoms with Gasteiger partial charge in [0.2, 0.25) is 0 Å². The molecule has 2 aromatic heterocycles. The van der Waals surface area contributed by atoms with Crippen molar-refractivity contribution in [2.75, 3.05) is 5.32 Å². The van der Waals surface area contributed by atoms with E-state index in [-0.39, 0.29) is 5.69 Å². The van der Waals surface area contributed by atoms with Crippen LogP contribution in [-0.2, 0) is 0 Å². The van der Waals surface area contributed by atoms with E-state index in [0.29, 0.717) is 28.5 Å². The minimum Gasteiger partial charge on any atom is -0.455 e. The molecule has 4 rings (SSSR count). The van der Waals surface area contributed by atoms with Crippen molar-refractivity contribution in [3.8, 4) is 22.8 Å². The SMILES string of the molecule is O=C(Nc1ccccc1Oc1cccc(F)c1)c1cc(-c2cccnc2)on1. The predicted octanol–water partition coefficient (Wildman–Crippen LogP) is 4.92. The van der Waals surface area contributed by atoms with Crippen LogP contribution in [0.15, 0.2) is 83.6 Å². The van der Waals surface area contributed by atoms with E-state index in [0.717, 1.165) is 0 Å². The summed E-state index contributed by atoms with van der Waals surface area (Å²) in [6.45, 7) is 0. The molecular weight excluding hydrogens is 361 g/mol. The smallest absolute Gasteiger partial charge is 0.277 e. The van der Waals surface area contributed by atoms with Crippen LogP contribution >= 0.6 is 0 Å². The van der Waals surface area contributed by atoms with Crippen molar-refractivity contribution in [2.24, 2.45) is 0 Å². The Labute approximate surface area is 159 Å². The maximum absolute atomic E-state index is 13.4. The minimum absolute atomic E-state index is 0.111. The predicted molar refractivity (Wildman–Crippen MR) is 101 cm³/mol. The molecule has 0 unspecified atom stereocenters. The van der Waals surface area contributed by atoms with Crippen molar-refractivity contribution in [1.82, 2.24) is 10.1 Å². The van der Waals surface area contributed by atoms with E-state index < -0.39 is 11.7 Å². The van der Waals surface area contributed by atoms with Gasteiger partial charge < -0.3 is 14.6 Å². The van der Waals surface area contributed by atoms with Crippen molar-refractivity contribution < 1.29 is 18.4 Å². The number of anilines is 1. The van der Waals surface area contributed by atoms with Gasteiger partial charge in [0.15, 0.2) is 17.2 Å². The van der Waals surface area contributed by atoms with E-state index >= 15 is 0 Å². The van der Waals surface area contributed by atoms with E-state index in [1.165, 1.54) is 18.2 Å². The number of carbonyl (C=O) groups is 1. The van der Waals surface area contributed by atoms with Gasteiger partial charge in [-0.05, 0) is 36.4 Å². The number of hydrogen-bond acceptors (Lipinski definition) is 5. The molecule has 0 saturated carbocycles. The highest BCUT2D eigenvalue weighted by Crippen LogP contribution is 2.30. The number of benzene rings is 2. The van der Waals surface area contributed by atoms with Crippen LogP contribution in [0, 0.1) is 5.82 Å². The van der Waals surface area contributed by atoms with Gasteiger partial charge in [0, 0.05) is 30.1 Å². The van der Waals surface area contributed by atoms with Crippen LogP contribution in [0.5, 0.6) is 11.5 Å². The van der Waals surface area contributed by atoms with Gasteiger partial charge in [-0.2, -0.15) is 0 Å². The summed E-state index contributed by atoms with van der Waals surface area (Å²) in [6.07, 6.45) is 3.26. The molecule has 0 bridgehead atoms. The molecule has 1 amide bonds. The molecule has 0 radical (unpaired) electrons. The van der Waals surface area contributed by atoms with Crippen molar-refractivity contribution in [2.45, 2.75) is 0 Å². The molecule has 2 heterocycles. The molecule has 0 aliphatic carbocycles. The lowest BCUT2D eigenvalue weighted by Crippen LogP contribution is -2.12. The third-order valence-electron chi connectivity index (χ3n) is 3.85. The number of carbonyl (C=O) groups excluding carboxylic acids is 1. The Hall–Kier alpha value is -4.00. The van der Waals surface area contributed by atoms with Gasteiger partial charge in [-0.25, -0.2) is 4.39 Å². The van der Waals surface area contributed by atoms with Gasteiger partial charge in [-0.3, -0.25) is 9.78 Å². The van der Waals surface area contributed by atoms with Crippen molar-refractivity contribution in [3.05, 3.63) is 90.6 Å². The summed E-state index contributed by atoms with van der Waals surface area (Å²) in [5, 5.41) is 6.54. The summed E-state index contributed by atoms with van der Waals surface area (Å²) in [7, 11) is 0. The summed E-state index contributed by atoms with van der Waals surface area (Å²) in [4.78, 5) is 16.6. The fourth-order valence-corrected chi connectivity index (χ4v) is 2.53. The quantitative estimate of drug-likeness (QED) is 0.536. The number of nitrogens with one attached hydrogen (secondary N) is 1. The molecule has 0 aliphatic rings. The summed E-state index contributed by atoms with van der Waals surface area (Å²) < 4.78 is 24.3. The molecule has 6 nitrogen and oxygen atoms in total. The molecule has 1 N–H and O–H groups in total. The zero-order chi connectivity index (χ0) is 19.3. The normalized spacial score (nSPS) is 10.5. The van der Waals surface area contributed by atoms with Crippen LogP contribution in [0.3, 0.4) is 0 Å². The van der Waals surface area contributed by atoms with E-state index in [1.54, 1.807) is 60.9 Å². The first kappa shape index (κ1) is 17.4. The Kier molecular flexibility index (Phi) is 4.79. The third kappa shape index (κ3) is 3.88. The van der Waals surface area contributed by atoms with E-state index in [4.69, 9.17) is 9.26 Å². The van der Waals surface area contributed by atoms with Crippen LogP contribution in [0.2, 0.25) is 0 Å². The summed E-state index contributed by atoms with van der Waals surface area (Å²) in [5.74, 6) is 0.251. The van der Waals surface area contributed by atoms with Gasteiger partial charge in [0.05, 0.1) is 5.69 Å². The lowest BCUT2D eigenvalue weighted by Gasteiger charge is -2.11. The number of halogens is 1. The number of rotatable bonds is 5. The number of para-hydroxylation sites is 2. The Morgan fingerprint density at radius 1 is 1.04 bits per heavy atom. The van der Waals surface area contributed by atoms with Gasteiger partial charge >= 0.3 is 0 Å². The first-order valence-corrected chi connectivity index (χ1v) is 8.40. The van der Waals surface area contributed by atoms with Crippen LogP contribution in [0.1, 0.15) is 10.5 Å². The molecule has 0 aliphatic heterocycles. The third-order valence-corrected chi connectivity index (χ3v) is 3.85. The summed E-state index contributed by atoms with van der Waals surface area (Å²) >= 11 is 0. The summed E-state index contributed by atoms with van der Waals surface area (Å²) in [5.41, 5.74) is 1.24. The van der Waals surface area contributed by atoms with Crippen LogP contribution < -0.4 is 10.1 Å². The van der Waals surface area contributed by atoms with Crippen molar-refractivity contribution in [3.63, 3.8) is 0 Å². The van der Waals surface area contributed by atoms with E-state index in [9.17, 15) is 9.18 Å². The largest absolute Gasteiger partial charge is 0.455 e. The molecule has 0 saturated heterocycles. The van der Waals surface area contributed by atoms with E-state index in [2.05, 4.69) is 15.5 Å². The molecule has 0 spiro atoms. The van der Waals surface area contributed by atoms with Crippen molar-refractivity contribution >= 4 is 11.6 Å².